The zero-order valence-corrected chi connectivity index (χ0v) is 17.7. The van der Waals surface area contributed by atoms with Crippen molar-refractivity contribution in [3.05, 3.63) is 53.8 Å². The molecular formula is C21H21F2N3O4S. The van der Waals surface area contributed by atoms with Gasteiger partial charge in [-0.15, -0.1) is 0 Å². The summed E-state index contributed by atoms with van der Waals surface area (Å²) in [6.07, 6.45) is 1.01. The summed E-state index contributed by atoms with van der Waals surface area (Å²) in [5, 5.41) is 2.90. The van der Waals surface area contributed by atoms with Gasteiger partial charge in [-0.3, -0.25) is 4.79 Å². The molecule has 7 nitrogen and oxygen atoms in total. The number of halogens is 2. The Morgan fingerprint density at radius 1 is 1.13 bits per heavy atom. The monoisotopic (exact) mass is 449 g/mol. The number of anilines is 2. The second kappa shape index (κ2) is 7.84. The Labute approximate surface area is 178 Å². The predicted molar refractivity (Wildman–Crippen MR) is 113 cm³/mol. The van der Waals surface area contributed by atoms with Crippen molar-refractivity contribution >= 4 is 38.3 Å². The largest absolute Gasteiger partial charge is 0.451 e. The molecule has 1 aliphatic heterocycles. The maximum atomic E-state index is 14.5. The van der Waals surface area contributed by atoms with Gasteiger partial charge in [-0.2, -0.15) is 0 Å². The van der Waals surface area contributed by atoms with Crippen LogP contribution < -0.4 is 14.9 Å². The number of carbonyl (C=O) groups excluding carboxylic acids is 1. The van der Waals surface area contributed by atoms with E-state index < -0.39 is 38.2 Å². The minimum atomic E-state index is -4.58. The van der Waals surface area contributed by atoms with Crippen molar-refractivity contribution in [2.24, 2.45) is 0 Å². The van der Waals surface area contributed by atoms with E-state index in [0.717, 1.165) is 31.6 Å². The number of nitrogens with zero attached hydrogens (tertiary/aromatic N) is 1. The van der Waals surface area contributed by atoms with Crippen LogP contribution in [0.15, 0.2) is 45.7 Å². The number of rotatable bonds is 6. The molecule has 2 aromatic carbocycles. The van der Waals surface area contributed by atoms with Gasteiger partial charge in [0.25, 0.3) is 10.0 Å². The van der Waals surface area contributed by atoms with Crippen LogP contribution in [0.25, 0.3) is 11.0 Å². The van der Waals surface area contributed by atoms with E-state index in [2.05, 4.69) is 5.32 Å². The highest BCUT2D eigenvalue weighted by atomic mass is 32.2. The minimum Gasteiger partial charge on any atom is -0.451 e. The molecular weight excluding hydrogens is 428 g/mol. The highest BCUT2D eigenvalue weighted by Crippen LogP contribution is 2.31. The third-order valence-electron chi connectivity index (χ3n) is 4.92. The van der Waals surface area contributed by atoms with Gasteiger partial charge in [-0.1, -0.05) is 6.07 Å². The fraction of sp³-hybridized carbons (Fsp3) is 0.286. The Hall–Kier alpha value is -3.14. The van der Waals surface area contributed by atoms with E-state index in [1.807, 2.05) is 9.62 Å². The van der Waals surface area contributed by atoms with Gasteiger partial charge in [0.1, 0.15) is 22.1 Å². The van der Waals surface area contributed by atoms with Crippen molar-refractivity contribution in [3.63, 3.8) is 0 Å². The quantitative estimate of drug-likeness (QED) is 0.594. The molecule has 3 aromatic rings. The zero-order chi connectivity index (χ0) is 22.3. The Morgan fingerprint density at radius 3 is 2.52 bits per heavy atom. The van der Waals surface area contributed by atoms with Gasteiger partial charge in [0.15, 0.2) is 5.76 Å². The van der Waals surface area contributed by atoms with Crippen LogP contribution in [0.5, 0.6) is 0 Å². The molecule has 10 heteroatoms. The molecule has 0 aliphatic carbocycles. The van der Waals surface area contributed by atoms with Crippen LogP contribution >= 0.6 is 0 Å². The molecule has 1 aliphatic rings. The summed E-state index contributed by atoms with van der Waals surface area (Å²) in [4.78, 5) is 13.9. The van der Waals surface area contributed by atoms with Crippen molar-refractivity contribution in [2.75, 3.05) is 23.3 Å². The average Bonchev–Trinajstić information content (AvgIpc) is 3.04. The predicted octanol–water partition coefficient (Wildman–Crippen LogP) is 3.86. The maximum absolute atomic E-state index is 14.5. The number of benzene rings is 2. The van der Waals surface area contributed by atoms with Crippen LogP contribution in [0, 0.1) is 11.6 Å². The molecule has 31 heavy (non-hydrogen) atoms. The van der Waals surface area contributed by atoms with Crippen LogP contribution in [0.1, 0.15) is 30.8 Å². The number of fused-ring (bicyclic) bond motifs is 1. The Kier molecular flexibility index (Phi) is 5.34. The van der Waals surface area contributed by atoms with Crippen molar-refractivity contribution in [2.45, 2.75) is 31.2 Å². The average molecular weight is 449 g/mol. The lowest BCUT2D eigenvalue weighted by atomic mass is 10.1. The number of hydrogen-bond acceptors (Lipinski definition) is 6. The molecule has 2 heterocycles. The van der Waals surface area contributed by atoms with Gasteiger partial charge in [-0.25, -0.2) is 21.9 Å². The van der Waals surface area contributed by atoms with Gasteiger partial charge in [0.05, 0.1) is 11.1 Å². The van der Waals surface area contributed by atoms with Gasteiger partial charge < -0.3 is 14.6 Å². The van der Waals surface area contributed by atoms with Gasteiger partial charge in [-0.05, 0) is 38.5 Å². The van der Waals surface area contributed by atoms with Crippen LogP contribution in [-0.2, 0) is 10.0 Å². The Morgan fingerprint density at radius 2 is 1.87 bits per heavy atom. The van der Waals surface area contributed by atoms with Gasteiger partial charge in [0.2, 0.25) is 0 Å². The summed E-state index contributed by atoms with van der Waals surface area (Å²) in [6, 6.07) is 7.64. The molecule has 0 atom stereocenters. The molecule has 0 unspecified atom stereocenters. The number of amides is 1. The number of furan rings is 1. The van der Waals surface area contributed by atoms with Crippen LogP contribution in [0.2, 0.25) is 0 Å². The molecule has 1 aromatic heterocycles. The van der Waals surface area contributed by atoms with E-state index >= 15 is 0 Å². The van der Waals surface area contributed by atoms with E-state index in [1.165, 1.54) is 18.2 Å². The lowest BCUT2D eigenvalue weighted by Crippen LogP contribution is -2.36. The van der Waals surface area contributed by atoms with E-state index in [1.54, 1.807) is 19.9 Å². The Balaban J connectivity index is 1.65. The Bertz CT molecular complexity index is 1270. The van der Waals surface area contributed by atoms with Crippen molar-refractivity contribution in [1.82, 2.24) is 4.72 Å². The lowest BCUT2D eigenvalue weighted by molar-refractivity contribution is 0.0956. The highest BCUT2D eigenvalue weighted by Gasteiger charge is 2.28. The molecule has 0 saturated carbocycles. The van der Waals surface area contributed by atoms with E-state index in [4.69, 9.17) is 4.42 Å². The fourth-order valence-corrected chi connectivity index (χ4v) is 4.57. The maximum Gasteiger partial charge on any atom is 0.300 e. The fourth-order valence-electron chi connectivity index (χ4n) is 3.38. The molecule has 2 N–H and O–H groups in total. The van der Waals surface area contributed by atoms with E-state index in [-0.39, 0.29) is 22.7 Å². The summed E-state index contributed by atoms with van der Waals surface area (Å²) in [6.45, 7) is 5.12. The lowest BCUT2D eigenvalue weighted by Gasteiger charge is -2.33. The molecule has 4 rings (SSSR count). The third-order valence-corrected chi connectivity index (χ3v) is 6.33. The molecule has 0 radical (unpaired) electrons. The van der Waals surface area contributed by atoms with Crippen molar-refractivity contribution in [1.29, 1.82) is 0 Å². The van der Waals surface area contributed by atoms with Crippen LogP contribution in [-0.4, -0.2) is 33.5 Å². The number of hydrogen-bond donors (Lipinski definition) is 2. The molecule has 1 amide bonds. The first-order valence-corrected chi connectivity index (χ1v) is 11.2. The third kappa shape index (κ3) is 4.07. The number of carbonyl (C=O) groups is 1. The molecule has 0 bridgehead atoms. The summed E-state index contributed by atoms with van der Waals surface area (Å²) < 4.78 is 61.6. The molecule has 164 valence electrons. The van der Waals surface area contributed by atoms with E-state index in [9.17, 15) is 22.0 Å². The SMILES string of the molecule is CC(C)Nc1cccc(F)c1S(=O)(=O)NC(=O)c1cc2c(F)cc(N3CCC3)cc2o1. The summed E-state index contributed by atoms with van der Waals surface area (Å²) >= 11 is 0. The second-order valence-electron chi connectivity index (χ2n) is 7.64. The van der Waals surface area contributed by atoms with Crippen LogP contribution in [0.3, 0.4) is 0 Å². The first kappa shape index (κ1) is 21.1. The smallest absolute Gasteiger partial charge is 0.300 e. The first-order chi connectivity index (χ1) is 14.7. The summed E-state index contributed by atoms with van der Waals surface area (Å²) in [5.74, 6) is -3.11. The van der Waals surface area contributed by atoms with E-state index in [0.29, 0.717) is 5.69 Å². The topological polar surface area (TPSA) is 91.7 Å². The second-order valence-corrected chi connectivity index (χ2v) is 9.26. The summed E-state index contributed by atoms with van der Waals surface area (Å²) in [7, 11) is -4.58. The highest BCUT2D eigenvalue weighted by molar-refractivity contribution is 7.90. The zero-order valence-electron chi connectivity index (χ0n) is 16.9. The minimum absolute atomic E-state index is 0.0186. The van der Waals surface area contributed by atoms with Crippen molar-refractivity contribution < 1.29 is 26.4 Å². The number of sulfonamides is 1. The molecule has 0 spiro atoms. The normalized spacial score (nSPS) is 14.0. The van der Waals surface area contributed by atoms with Crippen molar-refractivity contribution in [3.8, 4) is 0 Å². The standard InChI is InChI=1S/C21H21F2N3O4S/c1-12(2)24-17-6-3-5-15(22)20(17)31(28,29)25-21(27)19-11-14-16(23)9-13(10-18(14)30-19)26-7-4-8-26/h3,5-6,9-12,24H,4,7-8H2,1-2H3,(H,25,27). The van der Waals surface area contributed by atoms with Crippen LogP contribution in [0.4, 0.5) is 20.2 Å². The summed E-state index contributed by atoms with van der Waals surface area (Å²) in [5.41, 5.74) is 0.767. The molecule has 1 fully saturated rings. The number of nitrogens with one attached hydrogen (secondary N) is 2. The van der Waals surface area contributed by atoms with Gasteiger partial charge in [0, 0.05) is 37.0 Å². The molecule has 1 saturated heterocycles. The first-order valence-electron chi connectivity index (χ1n) is 9.76. The van der Waals surface area contributed by atoms with Gasteiger partial charge >= 0.3 is 5.91 Å².